The van der Waals surface area contributed by atoms with E-state index < -0.39 is 8.32 Å². The van der Waals surface area contributed by atoms with Gasteiger partial charge in [-0.1, -0.05) is 51.1 Å². The molecule has 0 heterocycles. The third-order valence-corrected chi connectivity index (χ3v) is 9.49. The Labute approximate surface area is 135 Å². The number of allylic oxidation sites excluding steroid dienone is 1. The van der Waals surface area contributed by atoms with E-state index in [1.807, 2.05) is 0 Å². The zero-order chi connectivity index (χ0) is 16.3. The van der Waals surface area contributed by atoms with Gasteiger partial charge < -0.3 is 4.43 Å². The summed E-state index contributed by atoms with van der Waals surface area (Å²) < 4.78 is 6.44. The topological polar surface area (TPSA) is 26.3 Å². The molecule has 0 aromatic rings. The zero-order valence-electron chi connectivity index (χ0n) is 14.0. The number of carbonyl (C=O) groups excluding carboxylic acids is 1. The summed E-state index contributed by atoms with van der Waals surface area (Å²) in [4.78, 5) is 12.2. The molecule has 2 nitrogen and oxygen atoms in total. The van der Waals surface area contributed by atoms with Crippen molar-refractivity contribution in [3.63, 3.8) is 0 Å². The fourth-order valence-corrected chi connectivity index (χ4v) is 3.82. The van der Waals surface area contributed by atoms with Gasteiger partial charge >= 0.3 is 0 Å². The molecular formula is C17H27ClO2Si. The van der Waals surface area contributed by atoms with Crippen LogP contribution in [-0.4, -0.2) is 20.2 Å². The molecule has 0 bridgehead atoms. The molecule has 0 saturated heterocycles. The maximum absolute atomic E-state index is 12.2. The largest absolute Gasteiger partial charge is 0.413 e. The zero-order valence-corrected chi connectivity index (χ0v) is 15.8. The van der Waals surface area contributed by atoms with Gasteiger partial charge in [-0.2, -0.15) is 0 Å². The van der Waals surface area contributed by atoms with Crippen LogP contribution in [0.2, 0.25) is 18.1 Å². The van der Waals surface area contributed by atoms with Gasteiger partial charge in [-0.25, -0.2) is 0 Å². The van der Waals surface area contributed by atoms with Crippen molar-refractivity contribution in [3.05, 3.63) is 11.6 Å². The van der Waals surface area contributed by atoms with Crippen LogP contribution < -0.4 is 0 Å². The maximum Gasteiger partial charge on any atom is 0.192 e. The average Bonchev–Trinajstić information content (AvgIpc) is 2.59. The van der Waals surface area contributed by atoms with Gasteiger partial charge in [-0.15, -0.1) is 0 Å². The van der Waals surface area contributed by atoms with E-state index in [1.54, 1.807) is 6.08 Å². The van der Waals surface area contributed by atoms with Crippen LogP contribution in [-0.2, 0) is 9.22 Å². The molecule has 1 rings (SSSR count). The predicted molar refractivity (Wildman–Crippen MR) is 91.7 cm³/mol. The lowest BCUT2D eigenvalue weighted by Crippen LogP contribution is -2.44. The molecule has 0 aromatic heterocycles. The lowest BCUT2D eigenvalue weighted by molar-refractivity contribution is -0.121. The molecule has 4 heteroatoms. The third-order valence-electron chi connectivity index (χ3n) is 4.86. The molecule has 0 aromatic carbocycles. The van der Waals surface area contributed by atoms with Crippen molar-refractivity contribution in [1.82, 2.24) is 0 Å². The van der Waals surface area contributed by atoms with Crippen molar-refractivity contribution >= 4 is 25.7 Å². The van der Waals surface area contributed by atoms with E-state index in [-0.39, 0.29) is 28.8 Å². The van der Waals surface area contributed by atoms with Crippen molar-refractivity contribution in [2.75, 3.05) is 0 Å². The van der Waals surface area contributed by atoms with Gasteiger partial charge in [0.05, 0.1) is 6.10 Å². The molecule has 0 aliphatic heterocycles. The first-order valence-electron chi connectivity index (χ1n) is 7.54. The molecule has 0 N–H and O–H groups in total. The predicted octanol–water partition coefficient (Wildman–Crippen LogP) is 4.75. The molecule has 1 aliphatic carbocycles. The van der Waals surface area contributed by atoms with Crippen LogP contribution in [0.5, 0.6) is 0 Å². The quantitative estimate of drug-likeness (QED) is 0.552. The fourth-order valence-electron chi connectivity index (χ4n) is 2.35. The molecular weight excluding hydrogens is 300 g/mol. The molecule has 0 unspecified atom stereocenters. The molecule has 0 amide bonds. The Morgan fingerprint density at radius 2 is 2.05 bits per heavy atom. The molecule has 1 aliphatic rings. The van der Waals surface area contributed by atoms with Crippen LogP contribution in [0.1, 0.15) is 40.5 Å². The van der Waals surface area contributed by atoms with Crippen LogP contribution in [0.4, 0.5) is 0 Å². The summed E-state index contributed by atoms with van der Waals surface area (Å²) >= 11 is 5.43. The minimum Gasteiger partial charge on any atom is -0.413 e. The number of Topliss-reactive ketones (excluding diaryl/α,β-unsaturated/α-hetero) is 1. The monoisotopic (exact) mass is 326 g/mol. The Morgan fingerprint density at radius 1 is 1.43 bits per heavy atom. The van der Waals surface area contributed by atoms with Gasteiger partial charge in [0.25, 0.3) is 0 Å². The van der Waals surface area contributed by atoms with E-state index in [0.29, 0.717) is 12.8 Å². The molecule has 0 radical (unpaired) electrons. The Bertz CT molecular complexity index is 465. The molecule has 1 saturated carbocycles. The molecule has 0 spiro atoms. The number of rotatable bonds is 3. The summed E-state index contributed by atoms with van der Waals surface area (Å²) in [5.41, 5.74) is 1.39. The SMILES string of the molecule is C[C@@H]1[C@@H](O[Si](C)(C)C(C)(C)C)CC(=O)[C@H]1CC#C/C=C\Cl. The van der Waals surface area contributed by atoms with E-state index in [2.05, 4.69) is 52.6 Å². The first-order chi connectivity index (χ1) is 9.60. The smallest absolute Gasteiger partial charge is 0.192 e. The first kappa shape index (κ1) is 18.5. The van der Waals surface area contributed by atoms with Gasteiger partial charge in [0, 0.05) is 24.3 Å². The third kappa shape index (κ3) is 4.71. The highest BCUT2D eigenvalue weighted by atomic mass is 35.5. The Morgan fingerprint density at radius 3 is 2.57 bits per heavy atom. The van der Waals surface area contributed by atoms with Crippen molar-refractivity contribution in [3.8, 4) is 11.8 Å². The second-order valence-corrected chi connectivity index (χ2v) is 12.4. The maximum atomic E-state index is 12.2. The van der Waals surface area contributed by atoms with Crippen LogP contribution in [0, 0.1) is 23.7 Å². The van der Waals surface area contributed by atoms with Crippen LogP contribution in [0.3, 0.4) is 0 Å². The minimum absolute atomic E-state index is 0.00371. The summed E-state index contributed by atoms with van der Waals surface area (Å²) in [6, 6.07) is 0. The first-order valence-corrected chi connectivity index (χ1v) is 10.9. The Balaban J connectivity index is 2.73. The standard InChI is InChI=1S/C17H27ClO2Si/c1-13-14(10-8-7-9-11-18)15(19)12-16(13)20-21(5,6)17(2,3)4/h9,11,13-14,16H,10,12H2,1-6H3/b11-9-/t13-,14-,16-/m0/s1. The second kappa shape index (κ2) is 7.13. The van der Waals surface area contributed by atoms with E-state index in [9.17, 15) is 4.79 Å². The van der Waals surface area contributed by atoms with Crippen molar-refractivity contribution in [2.45, 2.75) is 64.8 Å². The number of hydrogen-bond donors (Lipinski definition) is 0. The van der Waals surface area contributed by atoms with Gasteiger partial charge in [-0.05, 0) is 30.1 Å². The Kier molecular flexibility index (Phi) is 6.28. The highest BCUT2D eigenvalue weighted by molar-refractivity contribution is 6.74. The Hall–Kier alpha value is -0.563. The summed E-state index contributed by atoms with van der Waals surface area (Å²) in [5.74, 6) is 6.38. The summed E-state index contributed by atoms with van der Waals surface area (Å²) in [5, 5.41) is 0.165. The van der Waals surface area contributed by atoms with Crippen molar-refractivity contribution in [2.24, 2.45) is 11.8 Å². The van der Waals surface area contributed by atoms with E-state index in [1.165, 1.54) is 5.54 Å². The normalized spacial score (nSPS) is 27.0. The van der Waals surface area contributed by atoms with Gasteiger partial charge in [0.15, 0.2) is 8.32 Å². The van der Waals surface area contributed by atoms with Crippen LogP contribution >= 0.6 is 11.6 Å². The number of ketones is 1. The van der Waals surface area contributed by atoms with Gasteiger partial charge in [-0.3, -0.25) is 4.79 Å². The summed E-state index contributed by atoms with van der Waals surface area (Å²) in [6.45, 7) is 13.3. The molecule has 118 valence electrons. The number of carbonyl (C=O) groups is 1. The van der Waals surface area contributed by atoms with Gasteiger partial charge in [0.2, 0.25) is 0 Å². The van der Waals surface area contributed by atoms with Crippen molar-refractivity contribution in [1.29, 1.82) is 0 Å². The fraction of sp³-hybridized carbons (Fsp3) is 0.706. The lowest BCUT2D eigenvalue weighted by atomic mass is 9.93. The van der Waals surface area contributed by atoms with E-state index in [0.717, 1.165) is 0 Å². The number of halogens is 1. The molecule has 21 heavy (non-hydrogen) atoms. The highest BCUT2D eigenvalue weighted by Gasteiger charge is 2.45. The average molecular weight is 327 g/mol. The lowest BCUT2D eigenvalue weighted by Gasteiger charge is -2.39. The highest BCUT2D eigenvalue weighted by Crippen LogP contribution is 2.41. The van der Waals surface area contributed by atoms with Crippen molar-refractivity contribution < 1.29 is 9.22 Å². The molecule has 1 fully saturated rings. The molecule has 3 atom stereocenters. The van der Waals surface area contributed by atoms with Crippen LogP contribution in [0.25, 0.3) is 0 Å². The van der Waals surface area contributed by atoms with E-state index in [4.69, 9.17) is 16.0 Å². The van der Waals surface area contributed by atoms with Gasteiger partial charge in [0.1, 0.15) is 5.78 Å². The summed E-state index contributed by atoms with van der Waals surface area (Å²) in [7, 11) is -1.83. The van der Waals surface area contributed by atoms with E-state index >= 15 is 0 Å². The summed E-state index contributed by atoms with van der Waals surface area (Å²) in [6.07, 6.45) is 2.77. The second-order valence-electron chi connectivity index (χ2n) is 7.37. The minimum atomic E-state index is -1.83. The van der Waals surface area contributed by atoms with Crippen LogP contribution in [0.15, 0.2) is 11.6 Å². The number of hydrogen-bond acceptors (Lipinski definition) is 2.